The van der Waals surface area contributed by atoms with E-state index >= 15 is 0 Å². The van der Waals surface area contributed by atoms with Crippen LogP contribution >= 0.6 is 11.6 Å². The molecular weight excluding hydrogens is 294 g/mol. The number of hydrogen-bond donors (Lipinski definition) is 2. The summed E-state index contributed by atoms with van der Waals surface area (Å²) in [7, 11) is 0. The second-order valence-electron chi connectivity index (χ2n) is 6.25. The lowest BCUT2D eigenvalue weighted by atomic mass is 9.66. The Bertz CT molecular complexity index is 520. The Kier molecular flexibility index (Phi) is 3.53. The molecule has 0 aromatic heterocycles. The average molecular weight is 314 g/mol. The summed E-state index contributed by atoms with van der Waals surface area (Å²) in [5, 5.41) is 13.5. The van der Waals surface area contributed by atoms with Crippen LogP contribution < -0.4 is 5.32 Å². The number of carbonyl (C=O) groups is 2. The van der Waals surface area contributed by atoms with E-state index in [1.54, 1.807) is 6.92 Å². The Hall–Kier alpha value is -1.07. The maximum Gasteiger partial charge on any atom is 0.339 e. The van der Waals surface area contributed by atoms with E-state index in [1.807, 2.05) is 6.08 Å². The number of esters is 1. The highest BCUT2D eigenvalue weighted by molar-refractivity contribution is 6.18. The third kappa shape index (κ3) is 1.80. The van der Waals surface area contributed by atoms with Crippen molar-refractivity contribution in [2.24, 2.45) is 5.92 Å². The summed E-state index contributed by atoms with van der Waals surface area (Å²) >= 11 is 5.76. The number of alkyl halides is 1. The van der Waals surface area contributed by atoms with Gasteiger partial charge in [0, 0.05) is 5.88 Å². The van der Waals surface area contributed by atoms with Gasteiger partial charge in [-0.05, 0) is 44.6 Å². The fourth-order valence-corrected chi connectivity index (χ4v) is 4.14. The summed E-state index contributed by atoms with van der Waals surface area (Å²) in [5.41, 5.74) is -1.53. The van der Waals surface area contributed by atoms with Crippen molar-refractivity contribution in [3.05, 3.63) is 11.6 Å². The first kappa shape index (κ1) is 14.9. The lowest BCUT2D eigenvalue weighted by molar-refractivity contribution is -0.232. The van der Waals surface area contributed by atoms with E-state index in [9.17, 15) is 14.7 Å². The van der Waals surface area contributed by atoms with Crippen LogP contribution in [0.1, 0.15) is 39.0 Å². The van der Waals surface area contributed by atoms with E-state index < -0.39 is 29.1 Å². The number of ether oxygens (including phenoxy) is 1. The molecule has 0 aromatic carbocycles. The molecule has 2 unspecified atom stereocenters. The summed E-state index contributed by atoms with van der Waals surface area (Å²) in [5.74, 6) is -1.01. The molecule has 1 aliphatic carbocycles. The van der Waals surface area contributed by atoms with Crippen molar-refractivity contribution in [2.45, 2.75) is 56.3 Å². The smallest absolute Gasteiger partial charge is 0.339 e. The number of aliphatic hydroxyl groups excluding tert-OH is 1. The third-order valence-corrected chi connectivity index (χ3v) is 5.41. The van der Waals surface area contributed by atoms with Gasteiger partial charge in [-0.1, -0.05) is 6.08 Å². The van der Waals surface area contributed by atoms with Crippen LogP contribution in [0.5, 0.6) is 0 Å². The molecule has 3 rings (SSSR count). The molecular formula is C15H20ClNO4. The van der Waals surface area contributed by atoms with E-state index in [0.717, 1.165) is 31.3 Å². The number of carbonyl (C=O) groups excluding carboxylic acids is 2. The molecule has 21 heavy (non-hydrogen) atoms. The van der Waals surface area contributed by atoms with Gasteiger partial charge >= 0.3 is 5.97 Å². The molecule has 6 heteroatoms. The Morgan fingerprint density at radius 1 is 1.52 bits per heavy atom. The first-order valence-corrected chi connectivity index (χ1v) is 7.99. The molecule has 4 atom stereocenters. The van der Waals surface area contributed by atoms with Crippen molar-refractivity contribution in [3.63, 3.8) is 0 Å². The zero-order valence-corrected chi connectivity index (χ0v) is 12.8. The first-order valence-electron chi connectivity index (χ1n) is 7.46. The largest absolute Gasteiger partial charge is 0.453 e. The van der Waals surface area contributed by atoms with Gasteiger partial charge in [0.25, 0.3) is 0 Å². The predicted octanol–water partition coefficient (Wildman–Crippen LogP) is 1.28. The van der Waals surface area contributed by atoms with Crippen molar-refractivity contribution in [2.75, 3.05) is 5.88 Å². The van der Waals surface area contributed by atoms with Gasteiger partial charge in [-0.15, -0.1) is 11.6 Å². The molecule has 2 fully saturated rings. The first-order chi connectivity index (χ1) is 9.97. The minimum absolute atomic E-state index is 0.264. The van der Waals surface area contributed by atoms with Crippen LogP contribution in [0.2, 0.25) is 0 Å². The minimum atomic E-state index is -1.34. The van der Waals surface area contributed by atoms with Crippen LogP contribution in [0.25, 0.3) is 0 Å². The van der Waals surface area contributed by atoms with Gasteiger partial charge in [0.1, 0.15) is 6.10 Å². The summed E-state index contributed by atoms with van der Waals surface area (Å²) in [6, 6.07) is 0. The van der Waals surface area contributed by atoms with E-state index in [-0.39, 0.29) is 5.91 Å². The molecule has 0 spiro atoms. The monoisotopic (exact) mass is 313 g/mol. The van der Waals surface area contributed by atoms with E-state index in [2.05, 4.69) is 5.32 Å². The van der Waals surface area contributed by atoms with Crippen LogP contribution in [0.15, 0.2) is 11.6 Å². The molecule has 2 aliphatic heterocycles. The highest BCUT2D eigenvalue weighted by atomic mass is 35.5. The molecule has 0 aromatic rings. The van der Waals surface area contributed by atoms with Gasteiger partial charge in [0.15, 0.2) is 5.60 Å². The van der Waals surface area contributed by atoms with Crippen LogP contribution in [0.3, 0.4) is 0 Å². The van der Waals surface area contributed by atoms with Gasteiger partial charge in [-0.25, -0.2) is 4.79 Å². The highest BCUT2D eigenvalue weighted by Gasteiger charge is 2.79. The summed E-state index contributed by atoms with van der Waals surface area (Å²) in [4.78, 5) is 24.4. The van der Waals surface area contributed by atoms with Gasteiger partial charge < -0.3 is 15.2 Å². The van der Waals surface area contributed by atoms with E-state index in [4.69, 9.17) is 16.3 Å². The second-order valence-corrected chi connectivity index (χ2v) is 6.63. The number of aliphatic hydroxyl groups is 1. The van der Waals surface area contributed by atoms with Crippen molar-refractivity contribution in [1.29, 1.82) is 0 Å². The SMILES string of the molecule is CC12OC(=O)C1([C@@H](O)C1=CCCCC1)NC(=O)[C@@H]2CCCl. The van der Waals surface area contributed by atoms with Crippen LogP contribution in [-0.4, -0.2) is 40.1 Å². The van der Waals surface area contributed by atoms with E-state index in [1.165, 1.54) is 0 Å². The molecule has 2 heterocycles. The maximum atomic E-state index is 12.2. The number of halogens is 1. The molecule has 5 nitrogen and oxygen atoms in total. The summed E-state index contributed by atoms with van der Waals surface area (Å²) < 4.78 is 5.33. The zero-order chi connectivity index (χ0) is 15.3. The number of hydrogen-bond acceptors (Lipinski definition) is 4. The Balaban J connectivity index is 1.96. The second kappa shape index (κ2) is 4.99. The van der Waals surface area contributed by atoms with E-state index in [0.29, 0.717) is 12.3 Å². The molecule has 116 valence electrons. The molecule has 0 saturated carbocycles. The molecule has 2 N–H and O–H groups in total. The van der Waals surface area contributed by atoms with Crippen molar-refractivity contribution in [1.82, 2.24) is 5.32 Å². The predicted molar refractivity (Wildman–Crippen MR) is 76.8 cm³/mol. The van der Waals surface area contributed by atoms with Crippen molar-refractivity contribution in [3.8, 4) is 0 Å². The topological polar surface area (TPSA) is 75.6 Å². The number of nitrogens with one attached hydrogen (secondary N) is 1. The molecule has 3 aliphatic rings. The molecule has 0 bridgehead atoms. The quantitative estimate of drug-likeness (QED) is 0.466. The lowest BCUT2D eigenvalue weighted by Gasteiger charge is -2.53. The van der Waals surface area contributed by atoms with Crippen LogP contribution in [-0.2, 0) is 14.3 Å². The van der Waals surface area contributed by atoms with Crippen molar-refractivity contribution < 1.29 is 19.4 Å². The number of allylic oxidation sites excluding steroid dienone is 1. The van der Waals surface area contributed by atoms with Gasteiger partial charge in [0.05, 0.1) is 5.92 Å². The van der Waals surface area contributed by atoms with Gasteiger partial charge in [0.2, 0.25) is 11.4 Å². The zero-order valence-electron chi connectivity index (χ0n) is 12.0. The number of amides is 1. The third-order valence-electron chi connectivity index (χ3n) is 5.20. The Morgan fingerprint density at radius 3 is 2.86 bits per heavy atom. The average Bonchev–Trinajstić information content (AvgIpc) is 2.65. The van der Waals surface area contributed by atoms with Gasteiger partial charge in [-0.3, -0.25) is 4.79 Å². The summed E-state index contributed by atoms with van der Waals surface area (Å²) in [6.07, 6.45) is 5.11. The molecule has 2 saturated heterocycles. The Labute approximate surface area is 128 Å². The molecule has 1 amide bonds. The van der Waals surface area contributed by atoms with Crippen LogP contribution in [0.4, 0.5) is 0 Å². The number of rotatable bonds is 4. The van der Waals surface area contributed by atoms with Crippen LogP contribution in [0, 0.1) is 5.92 Å². The normalized spacial score (nSPS) is 39.8. The Morgan fingerprint density at radius 2 is 2.29 bits per heavy atom. The minimum Gasteiger partial charge on any atom is -0.453 e. The summed E-state index contributed by atoms with van der Waals surface area (Å²) in [6.45, 7) is 1.72. The fraction of sp³-hybridized carbons (Fsp3) is 0.733. The fourth-order valence-electron chi connectivity index (χ4n) is 3.92. The lowest BCUT2D eigenvalue weighted by Crippen LogP contribution is -2.79. The number of fused-ring (bicyclic) bond motifs is 1. The highest BCUT2D eigenvalue weighted by Crippen LogP contribution is 2.53. The van der Waals surface area contributed by atoms with Gasteiger partial charge in [-0.2, -0.15) is 0 Å². The standard InChI is InChI=1S/C15H20ClNO4/c1-14-10(7-8-16)12(19)17-15(14,13(20)21-14)11(18)9-5-3-2-4-6-9/h5,10-11,18H,2-4,6-8H2,1H3,(H,17,19)/t10-,11-,14?,15?/m0/s1. The van der Waals surface area contributed by atoms with Crippen molar-refractivity contribution >= 4 is 23.5 Å². The molecule has 0 radical (unpaired) electrons. The maximum absolute atomic E-state index is 12.2.